The molecule has 17 heavy (non-hydrogen) atoms. The molecule has 0 aromatic rings. The Bertz CT molecular complexity index is 230. The number of rotatable bonds is 9. The second-order valence-corrected chi connectivity index (χ2v) is 6.87. The first kappa shape index (κ1) is 14.8. The molecule has 0 aliphatic carbocycles. The molecule has 1 saturated heterocycles. The van der Waals surface area contributed by atoms with Crippen molar-refractivity contribution in [2.75, 3.05) is 34.5 Å². The van der Waals surface area contributed by atoms with E-state index in [1.165, 1.54) is 0 Å². The molecule has 0 amide bonds. The van der Waals surface area contributed by atoms with Gasteiger partial charge in [0.2, 0.25) is 0 Å². The van der Waals surface area contributed by atoms with Gasteiger partial charge in [0.1, 0.15) is 11.8 Å². The number of hydrogen-bond donors (Lipinski definition) is 0. The van der Waals surface area contributed by atoms with Gasteiger partial charge in [0, 0.05) is 21.3 Å². The molecule has 2 unspecified atom stereocenters. The largest absolute Gasteiger partial charge is 0.530 e. The van der Waals surface area contributed by atoms with Gasteiger partial charge in [-0.3, -0.25) is 0 Å². The molecule has 1 aliphatic heterocycles. The zero-order valence-corrected chi connectivity index (χ0v) is 12.0. The van der Waals surface area contributed by atoms with Crippen LogP contribution in [0.15, 0.2) is 12.2 Å². The van der Waals surface area contributed by atoms with Gasteiger partial charge in [-0.15, -0.1) is 0 Å². The lowest BCUT2D eigenvalue weighted by molar-refractivity contribution is 0.00929. The summed E-state index contributed by atoms with van der Waals surface area (Å²) < 4.78 is 27.3. The van der Waals surface area contributed by atoms with E-state index in [-0.39, 0.29) is 11.8 Å². The number of allylic oxidation sites excluding steroid dienone is 1. The zero-order valence-electron chi connectivity index (χ0n) is 11.0. The van der Waals surface area contributed by atoms with E-state index in [2.05, 4.69) is 0 Å². The van der Waals surface area contributed by atoms with Crippen LogP contribution in [0.5, 0.6) is 0 Å². The molecule has 1 fully saturated rings. The van der Waals surface area contributed by atoms with Crippen molar-refractivity contribution >= 4 is 8.80 Å². The van der Waals surface area contributed by atoms with Gasteiger partial charge in [-0.1, -0.05) is 12.2 Å². The highest BCUT2D eigenvalue weighted by molar-refractivity contribution is 6.62. The summed E-state index contributed by atoms with van der Waals surface area (Å²) in [5.74, 6) is 0. The van der Waals surface area contributed by atoms with Crippen LogP contribution in [-0.2, 0) is 22.8 Å². The van der Waals surface area contributed by atoms with Gasteiger partial charge in [-0.2, -0.15) is 0 Å². The van der Waals surface area contributed by atoms with Crippen molar-refractivity contribution in [2.24, 2.45) is 0 Å². The van der Waals surface area contributed by atoms with Gasteiger partial charge >= 0.3 is 8.80 Å². The molecule has 0 aromatic carbocycles. The SMILES string of the molecule is C/C=C/CC(OCC1CO1)[Si](OC)(OC)OC. The summed E-state index contributed by atoms with van der Waals surface area (Å²) in [6, 6.07) is 0. The van der Waals surface area contributed by atoms with Gasteiger partial charge in [0.05, 0.1) is 13.2 Å². The molecular weight excluding hydrogens is 240 g/mol. The van der Waals surface area contributed by atoms with Crippen molar-refractivity contribution in [2.45, 2.75) is 25.2 Å². The maximum atomic E-state index is 5.82. The molecule has 1 heterocycles. The van der Waals surface area contributed by atoms with Crippen LogP contribution < -0.4 is 0 Å². The van der Waals surface area contributed by atoms with E-state index in [1.54, 1.807) is 21.3 Å². The Morgan fingerprint density at radius 3 is 2.29 bits per heavy atom. The maximum absolute atomic E-state index is 5.82. The van der Waals surface area contributed by atoms with Crippen LogP contribution in [0.1, 0.15) is 13.3 Å². The molecule has 0 N–H and O–H groups in total. The summed E-state index contributed by atoms with van der Waals surface area (Å²) in [4.78, 5) is 0. The molecule has 1 aliphatic rings. The van der Waals surface area contributed by atoms with E-state index in [1.807, 2.05) is 19.1 Å². The van der Waals surface area contributed by atoms with Crippen molar-refractivity contribution < 1.29 is 22.8 Å². The standard InChI is InChI=1S/C11H22O5Si/c1-5-6-7-11(16-9-10-8-15-10)17(12-2,13-3)14-4/h5-6,10-11H,7-9H2,1-4H3/b6-5+. The summed E-state index contributed by atoms with van der Waals surface area (Å²) in [5, 5.41) is 0. The fraction of sp³-hybridized carbons (Fsp3) is 0.818. The Morgan fingerprint density at radius 1 is 1.29 bits per heavy atom. The topological polar surface area (TPSA) is 49.5 Å². The Labute approximate surface area is 104 Å². The Kier molecular flexibility index (Phi) is 6.32. The van der Waals surface area contributed by atoms with E-state index < -0.39 is 8.80 Å². The molecule has 2 atom stereocenters. The van der Waals surface area contributed by atoms with E-state index in [0.29, 0.717) is 13.0 Å². The summed E-state index contributed by atoms with van der Waals surface area (Å²) >= 11 is 0. The van der Waals surface area contributed by atoms with Gasteiger partial charge in [-0.05, 0) is 13.3 Å². The minimum absolute atomic E-state index is 0.192. The summed E-state index contributed by atoms with van der Waals surface area (Å²) in [7, 11) is 2.04. The van der Waals surface area contributed by atoms with Crippen LogP contribution in [-0.4, -0.2) is 55.2 Å². The van der Waals surface area contributed by atoms with Gasteiger partial charge in [-0.25, -0.2) is 0 Å². The first-order chi connectivity index (χ1) is 8.22. The molecule has 6 heteroatoms. The molecule has 0 saturated carbocycles. The molecule has 0 radical (unpaired) electrons. The lowest BCUT2D eigenvalue weighted by atomic mass is 10.4. The van der Waals surface area contributed by atoms with Crippen molar-refractivity contribution in [3.8, 4) is 0 Å². The third-order valence-corrected chi connectivity index (χ3v) is 5.62. The third-order valence-electron chi connectivity index (χ3n) is 2.72. The zero-order chi connectivity index (χ0) is 12.7. The van der Waals surface area contributed by atoms with Crippen molar-refractivity contribution in [1.82, 2.24) is 0 Å². The summed E-state index contributed by atoms with van der Waals surface area (Å²) in [6.07, 6.45) is 4.94. The average molecular weight is 262 g/mol. The lowest BCUT2D eigenvalue weighted by Crippen LogP contribution is -2.55. The van der Waals surface area contributed by atoms with Crippen LogP contribution in [0.2, 0.25) is 0 Å². The molecule has 100 valence electrons. The minimum Gasteiger partial charge on any atom is -0.375 e. The Hall–Kier alpha value is -0.243. The van der Waals surface area contributed by atoms with E-state index >= 15 is 0 Å². The fourth-order valence-corrected chi connectivity index (χ4v) is 3.62. The van der Waals surface area contributed by atoms with Crippen LogP contribution in [0.3, 0.4) is 0 Å². The van der Waals surface area contributed by atoms with Crippen LogP contribution >= 0.6 is 0 Å². The molecule has 0 bridgehead atoms. The summed E-state index contributed by atoms with van der Waals surface area (Å²) in [5.41, 5.74) is -0.192. The van der Waals surface area contributed by atoms with Gasteiger partial charge in [0.15, 0.2) is 0 Å². The van der Waals surface area contributed by atoms with Crippen LogP contribution in [0, 0.1) is 0 Å². The van der Waals surface area contributed by atoms with Gasteiger partial charge < -0.3 is 22.8 Å². The second-order valence-electron chi connectivity index (χ2n) is 3.80. The number of hydrogen-bond acceptors (Lipinski definition) is 5. The van der Waals surface area contributed by atoms with Gasteiger partial charge in [0.25, 0.3) is 0 Å². The minimum atomic E-state index is -2.75. The fourth-order valence-electron chi connectivity index (χ4n) is 1.61. The van der Waals surface area contributed by atoms with Crippen LogP contribution in [0.4, 0.5) is 0 Å². The predicted molar refractivity (Wildman–Crippen MR) is 65.7 cm³/mol. The number of epoxide rings is 1. The Balaban J connectivity index is 2.61. The Morgan fingerprint density at radius 2 is 1.88 bits per heavy atom. The molecule has 0 spiro atoms. The normalized spacial score (nSPS) is 22.0. The van der Waals surface area contributed by atoms with Crippen molar-refractivity contribution in [3.63, 3.8) is 0 Å². The quantitative estimate of drug-likeness (QED) is 0.354. The average Bonchev–Trinajstić information content (AvgIpc) is 3.18. The molecule has 5 nitrogen and oxygen atoms in total. The highest BCUT2D eigenvalue weighted by Gasteiger charge is 2.48. The van der Waals surface area contributed by atoms with Crippen LogP contribution in [0.25, 0.3) is 0 Å². The highest BCUT2D eigenvalue weighted by Crippen LogP contribution is 2.21. The smallest absolute Gasteiger partial charge is 0.375 e. The molecule has 1 rings (SSSR count). The lowest BCUT2D eigenvalue weighted by Gasteiger charge is -2.31. The summed E-state index contributed by atoms with van der Waals surface area (Å²) in [6.45, 7) is 3.31. The first-order valence-electron chi connectivity index (χ1n) is 5.72. The highest BCUT2D eigenvalue weighted by atomic mass is 28.4. The van der Waals surface area contributed by atoms with Crippen molar-refractivity contribution in [3.05, 3.63) is 12.2 Å². The second kappa shape index (κ2) is 7.25. The predicted octanol–water partition coefficient (Wildman–Crippen LogP) is 1.15. The van der Waals surface area contributed by atoms with E-state index in [9.17, 15) is 0 Å². The molecular formula is C11H22O5Si. The number of ether oxygens (including phenoxy) is 2. The van der Waals surface area contributed by atoms with E-state index in [4.69, 9.17) is 22.8 Å². The van der Waals surface area contributed by atoms with Crippen molar-refractivity contribution in [1.29, 1.82) is 0 Å². The monoisotopic (exact) mass is 262 g/mol. The first-order valence-corrected chi connectivity index (χ1v) is 7.52. The molecule has 0 aromatic heterocycles. The third kappa shape index (κ3) is 4.17. The van der Waals surface area contributed by atoms with E-state index in [0.717, 1.165) is 6.61 Å². The maximum Gasteiger partial charge on any atom is 0.530 e.